The minimum atomic E-state index is 0.541. The van der Waals surface area contributed by atoms with Crippen LogP contribution in [0.5, 0.6) is 0 Å². The largest absolute Gasteiger partial charge is 0.378 e. The summed E-state index contributed by atoms with van der Waals surface area (Å²) in [6, 6.07) is 6.76. The summed E-state index contributed by atoms with van der Waals surface area (Å²) in [6.07, 6.45) is 8.93. The third-order valence-corrected chi connectivity index (χ3v) is 5.37. The van der Waals surface area contributed by atoms with E-state index in [2.05, 4.69) is 39.1 Å². The van der Waals surface area contributed by atoms with Crippen molar-refractivity contribution in [1.82, 2.24) is 14.8 Å². The molecule has 0 atom stereocenters. The second-order valence-electron chi connectivity index (χ2n) is 7.11. The van der Waals surface area contributed by atoms with Gasteiger partial charge in [0, 0.05) is 24.8 Å². The molecule has 2 aromatic heterocycles. The molecule has 2 fully saturated rings. The van der Waals surface area contributed by atoms with E-state index in [0.29, 0.717) is 6.04 Å². The van der Waals surface area contributed by atoms with Crippen molar-refractivity contribution in [2.24, 2.45) is 11.7 Å². The average molecular weight is 341 g/mol. The predicted molar refractivity (Wildman–Crippen MR) is 98.5 cm³/mol. The van der Waals surface area contributed by atoms with Gasteiger partial charge in [0.15, 0.2) is 0 Å². The molecule has 1 aliphatic heterocycles. The van der Waals surface area contributed by atoms with E-state index in [1.54, 1.807) is 0 Å². The molecule has 3 heterocycles. The molecule has 0 aromatic carbocycles. The SMILES string of the molecule is NCCCC1CC(n2cc(-c3cccc(N4CCOCC4)n3)cn2)C1. The number of morpholine rings is 1. The van der Waals surface area contributed by atoms with Gasteiger partial charge in [-0.15, -0.1) is 0 Å². The lowest BCUT2D eigenvalue weighted by molar-refractivity contribution is 0.122. The summed E-state index contributed by atoms with van der Waals surface area (Å²) in [4.78, 5) is 7.12. The van der Waals surface area contributed by atoms with Crippen LogP contribution in [-0.2, 0) is 4.74 Å². The highest BCUT2D eigenvalue weighted by molar-refractivity contribution is 5.60. The second kappa shape index (κ2) is 7.54. The van der Waals surface area contributed by atoms with Gasteiger partial charge in [0.25, 0.3) is 0 Å². The van der Waals surface area contributed by atoms with Crippen LogP contribution in [-0.4, -0.2) is 47.6 Å². The maximum absolute atomic E-state index is 5.60. The molecular formula is C19H27N5O. The lowest BCUT2D eigenvalue weighted by Crippen LogP contribution is -2.36. The quantitative estimate of drug-likeness (QED) is 0.874. The van der Waals surface area contributed by atoms with E-state index < -0.39 is 0 Å². The first kappa shape index (κ1) is 16.5. The Morgan fingerprint density at radius 2 is 2.04 bits per heavy atom. The van der Waals surface area contributed by atoms with Crippen molar-refractivity contribution in [3.05, 3.63) is 30.6 Å². The van der Waals surface area contributed by atoms with Crippen LogP contribution < -0.4 is 10.6 Å². The lowest BCUT2D eigenvalue weighted by atomic mass is 9.77. The van der Waals surface area contributed by atoms with E-state index in [0.717, 1.165) is 62.3 Å². The Morgan fingerprint density at radius 1 is 1.20 bits per heavy atom. The van der Waals surface area contributed by atoms with Crippen LogP contribution in [0.25, 0.3) is 11.3 Å². The smallest absolute Gasteiger partial charge is 0.129 e. The standard InChI is InChI=1S/C19H27N5O/c20-6-2-3-15-11-17(12-15)24-14-16(13-21-24)18-4-1-5-19(22-18)23-7-9-25-10-8-23/h1,4-5,13-15,17H,2-3,6-12,20H2. The van der Waals surface area contributed by atoms with E-state index in [1.165, 1.54) is 19.3 Å². The van der Waals surface area contributed by atoms with Crippen molar-refractivity contribution in [3.8, 4) is 11.3 Å². The summed E-state index contributed by atoms with van der Waals surface area (Å²) < 4.78 is 7.55. The number of aromatic nitrogens is 3. The molecule has 6 heteroatoms. The van der Waals surface area contributed by atoms with E-state index in [-0.39, 0.29) is 0 Å². The van der Waals surface area contributed by atoms with E-state index in [4.69, 9.17) is 15.5 Å². The molecule has 4 rings (SSSR count). The number of ether oxygens (including phenoxy) is 1. The highest BCUT2D eigenvalue weighted by Crippen LogP contribution is 2.40. The molecule has 2 aromatic rings. The fraction of sp³-hybridized carbons (Fsp3) is 0.579. The summed E-state index contributed by atoms with van der Waals surface area (Å²) in [5.41, 5.74) is 7.69. The Balaban J connectivity index is 1.42. The van der Waals surface area contributed by atoms with Gasteiger partial charge in [-0.05, 0) is 50.3 Å². The van der Waals surface area contributed by atoms with Gasteiger partial charge in [0.1, 0.15) is 5.82 Å². The number of hydrogen-bond acceptors (Lipinski definition) is 5. The topological polar surface area (TPSA) is 69.2 Å². The predicted octanol–water partition coefficient (Wildman–Crippen LogP) is 2.47. The molecule has 6 nitrogen and oxygen atoms in total. The van der Waals surface area contributed by atoms with Gasteiger partial charge in [0.2, 0.25) is 0 Å². The summed E-state index contributed by atoms with van der Waals surface area (Å²) in [5, 5.41) is 4.59. The number of anilines is 1. The molecule has 1 aliphatic carbocycles. The fourth-order valence-electron chi connectivity index (χ4n) is 3.78. The number of rotatable bonds is 6. The molecule has 0 unspecified atom stereocenters. The highest BCUT2D eigenvalue weighted by atomic mass is 16.5. The summed E-state index contributed by atoms with van der Waals surface area (Å²) in [5.74, 6) is 1.85. The monoisotopic (exact) mass is 341 g/mol. The maximum atomic E-state index is 5.60. The Bertz CT molecular complexity index is 689. The minimum Gasteiger partial charge on any atom is -0.378 e. The van der Waals surface area contributed by atoms with E-state index >= 15 is 0 Å². The van der Waals surface area contributed by atoms with Gasteiger partial charge in [0.05, 0.1) is 31.1 Å². The molecule has 0 radical (unpaired) electrons. The van der Waals surface area contributed by atoms with Crippen LogP contribution in [0.2, 0.25) is 0 Å². The molecular weight excluding hydrogens is 314 g/mol. The maximum Gasteiger partial charge on any atom is 0.129 e. The number of nitrogens with zero attached hydrogens (tertiary/aromatic N) is 4. The normalized spacial score (nSPS) is 23.5. The first-order valence-corrected chi connectivity index (χ1v) is 9.38. The molecule has 0 bridgehead atoms. The molecule has 1 saturated heterocycles. The van der Waals surface area contributed by atoms with Crippen LogP contribution >= 0.6 is 0 Å². The van der Waals surface area contributed by atoms with Crippen LogP contribution in [0.3, 0.4) is 0 Å². The Morgan fingerprint density at radius 3 is 2.84 bits per heavy atom. The fourth-order valence-corrected chi connectivity index (χ4v) is 3.78. The number of hydrogen-bond donors (Lipinski definition) is 1. The van der Waals surface area contributed by atoms with Gasteiger partial charge < -0.3 is 15.4 Å². The average Bonchev–Trinajstić information content (AvgIpc) is 3.11. The van der Waals surface area contributed by atoms with Gasteiger partial charge in [-0.2, -0.15) is 5.10 Å². The van der Waals surface area contributed by atoms with Crippen LogP contribution in [0.4, 0.5) is 5.82 Å². The Kier molecular flexibility index (Phi) is 4.99. The molecule has 2 aliphatic rings. The van der Waals surface area contributed by atoms with Crippen molar-refractivity contribution in [2.75, 3.05) is 37.7 Å². The molecule has 134 valence electrons. The van der Waals surface area contributed by atoms with Gasteiger partial charge in [-0.3, -0.25) is 4.68 Å². The first-order valence-electron chi connectivity index (χ1n) is 9.38. The van der Waals surface area contributed by atoms with Crippen molar-refractivity contribution in [3.63, 3.8) is 0 Å². The second-order valence-corrected chi connectivity index (χ2v) is 7.11. The zero-order chi connectivity index (χ0) is 17.1. The molecule has 25 heavy (non-hydrogen) atoms. The highest BCUT2D eigenvalue weighted by Gasteiger charge is 2.30. The summed E-state index contributed by atoms with van der Waals surface area (Å²) >= 11 is 0. The van der Waals surface area contributed by atoms with Gasteiger partial charge in [-0.1, -0.05) is 6.07 Å². The Labute approximate surface area is 149 Å². The van der Waals surface area contributed by atoms with Gasteiger partial charge >= 0.3 is 0 Å². The van der Waals surface area contributed by atoms with Crippen LogP contribution in [0.15, 0.2) is 30.6 Å². The Hall–Kier alpha value is -1.92. The van der Waals surface area contributed by atoms with Gasteiger partial charge in [-0.25, -0.2) is 4.98 Å². The molecule has 2 N–H and O–H groups in total. The third-order valence-electron chi connectivity index (χ3n) is 5.37. The van der Waals surface area contributed by atoms with E-state index in [1.807, 2.05) is 6.20 Å². The van der Waals surface area contributed by atoms with E-state index in [9.17, 15) is 0 Å². The minimum absolute atomic E-state index is 0.541. The van der Waals surface area contributed by atoms with Crippen LogP contribution in [0, 0.1) is 5.92 Å². The van der Waals surface area contributed by atoms with Crippen molar-refractivity contribution in [1.29, 1.82) is 0 Å². The molecule has 0 amide bonds. The van der Waals surface area contributed by atoms with Crippen LogP contribution in [0.1, 0.15) is 31.7 Å². The summed E-state index contributed by atoms with van der Waals surface area (Å²) in [6.45, 7) is 4.16. The van der Waals surface area contributed by atoms with Crippen molar-refractivity contribution < 1.29 is 4.74 Å². The molecule has 1 saturated carbocycles. The first-order chi connectivity index (χ1) is 12.3. The third kappa shape index (κ3) is 3.70. The zero-order valence-corrected chi connectivity index (χ0v) is 14.7. The zero-order valence-electron chi connectivity index (χ0n) is 14.7. The number of pyridine rings is 1. The van der Waals surface area contributed by atoms with Crippen molar-refractivity contribution >= 4 is 5.82 Å². The van der Waals surface area contributed by atoms with Crippen molar-refractivity contribution in [2.45, 2.75) is 31.7 Å². The lowest BCUT2D eigenvalue weighted by Gasteiger charge is -2.35. The number of nitrogens with two attached hydrogens (primary N) is 1. The molecule has 0 spiro atoms. The summed E-state index contributed by atoms with van der Waals surface area (Å²) in [7, 11) is 0.